The monoisotopic (exact) mass is 335 g/mol. The second-order valence-corrected chi connectivity index (χ2v) is 6.28. The Hall–Kier alpha value is -1.49. The molecule has 3 nitrogen and oxygen atoms in total. The van der Waals surface area contributed by atoms with Gasteiger partial charge in [0, 0.05) is 17.4 Å². The first kappa shape index (κ1) is 16.9. The number of nitrogens with two attached hydrogens (primary N) is 1. The lowest BCUT2D eigenvalue weighted by Crippen LogP contribution is -2.32. The molecule has 2 aromatic rings. The molecular weight excluding hydrogens is 318 g/mol. The number of hydrogen-bond acceptors (Lipinski definition) is 3. The van der Waals surface area contributed by atoms with E-state index in [2.05, 4.69) is 48.5 Å². The van der Waals surface area contributed by atoms with E-state index >= 15 is 0 Å². The van der Waals surface area contributed by atoms with Crippen molar-refractivity contribution in [3.8, 4) is 11.1 Å². The molecule has 116 valence electrons. The summed E-state index contributed by atoms with van der Waals surface area (Å²) in [7, 11) is 0. The molecule has 0 aromatic heterocycles. The van der Waals surface area contributed by atoms with Gasteiger partial charge in [-0.3, -0.25) is 4.79 Å². The van der Waals surface area contributed by atoms with Crippen molar-refractivity contribution >= 4 is 30.1 Å². The van der Waals surface area contributed by atoms with Crippen LogP contribution < -0.4 is 5.73 Å². The molecule has 1 aliphatic rings. The van der Waals surface area contributed by atoms with Gasteiger partial charge < -0.3 is 10.8 Å². The Labute approximate surface area is 140 Å². The topological polar surface area (TPSA) is 63.3 Å². The normalized spacial score (nSPS) is 13.9. The second-order valence-electron chi connectivity index (χ2n) is 5.21. The zero-order valence-corrected chi connectivity index (χ0v) is 13.6. The van der Waals surface area contributed by atoms with Crippen molar-refractivity contribution in [1.29, 1.82) is 0 Å². The van der Waals surface area contributed by atoms with Crippen LogP contribution in [0.2, 0.25) is 0 Å². The maximum absolute atomic E-state index is 10.8. The number of carboxylic acid groups (broad SMARTS) is 1. The highest BCUT2D eigenvalue weighted by Crippen LogP contribution is 2.45. The first-order valence-electron chi connectivity index (χ1n) is 6.93. The van der Waals surface area contributed by atoms with E-state index in [1.54, 1.807) is 11.8 Å². The Morgan fingerprint density at radius 2 is 1.59 bits per heavy atom. The summed E-state index contributed by atoms with van der Waals surface area (Å²) in [6, 6.07) is 16.1. The standard InChI is InChI=1S/C17H17NO2S.ClH/c18-16(17(19)20)10-21-9-15-13-7-3-1-5-11(13)12-6-2-4-8-14(12)15;/h1-8,15-16H,9-10,18H2,(H,19,20);1H/t16-;/m0./s1. The third-order valence-corrected chi connectivity index (χ3v) is 5.03. The summed E-state index contributed by atoms with van der Waals surface area (Å²) in [5.74, 6) is 0.684. The molecule has 22 heavy (non-hydrogen) atoms. The van der Waals surface area contributed by atoms with Gasteiger partial charge in [-0.15, -0.1) is 12.4 Å². The van der Waals surface area contributed by atoms with Crippen molar-refractivity contribution in [3.63, 3.8) is 0 Å². The van der Waals surface area contributed by atoms with E-state index in [1.807, 2.05) is 0 Å². The van der Waals surface area contributed by atoms with Crippen molar-refractivity contribution in [3.05, 3.63) is 59.7 Å². The van der Waals surface area contributed by atoms with E-state index in [0.29, 0.717) is 11.7 Å². The Bertz CT molecular complexity index is 632. The molecule has 1 atom stereocenters. The van der Waals surface area contributed by atoms with Crippen molar-refractivity contribution in [1.82, 2.24) is 0 Å². The number of carbonyl (C=O) groups is 1. The number of halogens is 1. The average molecular weight is 336 g/mol. The lowest BCUT2D eigenvalue weighted by atomic mass is 9.99. The maximum Gasteiger partial charge on any atom is 0.321 e. The maximum atomic E-state index is 10.8. The summed E-state index contributed by atoms with van der Waals surface area (Å²) in [5, 5.41) is 8.85. The number of thioether (sulfide) groups is 1. The van der Waals surface area contributed by atoms with Crippen LogP contribution in [0.15, 0.2) is 48.5 Å². The lowest BCUT2D eigenvalue weighted by molar-refractivity contribution is -0.137. The van der Waals surface area contributed by atoms with Gasteiger partial charge in [0.2, 0.25) is 0 Å². The average Bonchev–Trinajstić information content (AvgIpc) is 2.82. The van der Waals surface area contributed by atoms with Crippen LogP contribution in [0.3, 0.4) is 0 Å². The predicted octanol–water partition coefficient (Wildman–Crippen LogP) is 3.37. The van der Waals surface area contributed by atoms with E-state index in [-0.39, 0.29) is 12.4 Å². The van der Waals surface area contributed by atoms with Crippen molar-refractivity contribution in [2.75, 3.05) is 11.5 Å². The quantitative estimate of drug-likeness (QED) is 0.879. The minimum absolute atomic E-state index is 0. The number of benzene rings is 2. The van der Waals surface area contributed by atoms with E-state index in [4.69, 9.17) is 10.8 Å². The minimum Gasteiger partial charge on any atom is -0.480 e. The van der Waals surface area contributed by atoms with Crippen molar-refractivity contribution in [2.24, 2.45) is 5.73 Å². The SMILES string of the molecule is Cl.N[C@@H](CSCC1c2ccccc2-c2ccccc21)C(=O)O. The minimum atomic E-state index is -0.935. The fourth-order valence-corrected chi connectivity index (χ4v) is 3.95. The molecule has 5 heteroatoms. The fourth-order valence-electron chi connectivity index (χ4n) is 2.82. The third kappa shape index (κ3) is 3.14. The molecule has 0 unspecified atom stereocenters. The first-order valence-corrected chi connectivity index (χ1v) is 8.08. The largest absolute Gasteiger partial charge is 0.480 e. The number of fused-ring (bicyclic) bond motifs is 3. The number of carboxylic acids is 1. The molecule has 0 heterocycles. The van der Waals surface area contributed by atoms with E-state index in [9.17, 15) is 4.79 Å². The van der Waals surface area contributed by atoms with Gasteiger partial charge in [0.1, 0.15) is 6.04 Å². The smallest absolute Gasteiger partial charge is 0.321 e. The van der Waals surface area contributed by atoms with E-state index in [1.165, 1.54) is 22.3 Å². The van der Waals surface area contributed by atoms with Gasteiger partial charge >= 0.3 is 5.97 Å². The van der Waals surface area contributed by atoms with Crippen LogP contribution in [0.4, 0.5) is 0 Å². The van der Waals surface area contributed by atoms with Gasteiger partial charge in [0.25, 0.3) is 0 Å². The summed E-state index contributed by atoms with van der Waals surface area (Å²) in [6.07, 6.45) is 0. The van der Waals surface area contributed by atoms with Crippen LogP contribution in [0.25, 0.3) is 11.1 Å². The fraction of sp³-hybridized carbons (Fsp3) is 0.235. The van der Waals surface area contributed by atoms with Crippen LogP contribution >= 0.6 is 24.2 Å². The molecule has 0 saturated heterocycles. The van der Waals surface area contributed by atoms with Gasteiger partial charge in [-0.1, -0.05) is 48.5 Å². The second kappa shape index (κ2) is 7.18. The third-order valence-electron chi connectivity index (χ3n) is 3.86. The Kier molecular flexibility index (Phi) is 5.51. The lowest BCUT2D eigenvalue weighted by Gasteiger charge is -2.14. The summed E-state index contributed by atoms with van der Waals surface area (Å²) in [6.45, 7) is 0. The van der Waals surface area contributed by atoms with Crippen molar-refractivity contribution in [2.45, 2.75) is 12.0 Å². The van der Waals surface area contributed by atoms with Gasteiger partial charge in [-0.05, 0) is 22.3 Å². The molecule has 0 spiro atoms. The summed E-state index contributed by atoms with van der Waals surface area (Å²) in [4.78, 5) is 10.8. The molecule has 0 amide bonds. The van der Waals surface area contributed by atoms with Gasteiger partial charge in [0.05, 0.1) is 0 Å². The Balaban J connectivity index is 0.00000176. The number of hydrogen-bond donors (Lipinski definition) is 2. The number of aliphatic carboxylic acids is 1. The van der Waals surface area contributed by atoms with Gasteiger partial charge in [0.15, 0.2) is 0 Å². The Morgan fingerprint density at radius 1 is 1.09 bits per heavy atom. The van der Waals surface area contributed by atoms with Crippen LogP contribution in [-0.2, 0) is 4.79 Å². The molecule has 0 aliphatic heterocycles. The van der Waals surface area contributed by atoms with Crippen molar-refractivity contribution < 1.29 is 9.90 Å². The highest BCUT2D eigenvalue weighted by Gasteiger charge is 2.28. The van der Waals surface area contributed by atoms with Crippen LogP contribution in [0.5, 0.6) is 0 Å². The predicted molar refractivity (Wildman–Crippen MR) is 93.9 cm³/mol. The highest BCUT2D eigenvalue weighted by molar-refractivity contribution is 7.99. The molecule has 0 bridgehead atoms. The Morgan fingerprint density at radius 3 is 2.09 bits per heavy atom. The van der Waals surface area contributed by atoms with Gasteiger partial charge in [-0.2, -0.15) is 11.8 Å². The molecule has 0 radical (unpaired) electrons. The van der Waals surface area contributed by atoms with Crippen LogP contribution in [0, 0.1) is 0 Å². The summed E-state index contributed by atoms with van der Waals surface area (Å²) >= 11 is 1.61. The molecule has 0 fully saturated rings. The molecule has 3 N–H and O–H groups in total. The summed E-state index contributed by atoms with van der Waals surface area (Å²) in [5.41, 5.74) is 10.8. The molecule has 1 aliphatic carbocycles. The molecule has 0 saturated carbocycles. The summed E-state index contributed by atoms with van der Waals surface area (Å²) < 4.78 is 0. The zero-order chi connectivity index (χ0) is 14.8. The number of rotatable bonds is 5. The molecule has 3 rings (SSSR count). The highest BCUT2D eigenvalue weighted by atomic mass is 35.5. The van der Waals surface area contributed by atoms with Crippen LogP contribution in [-0.4, -0.2) is 28.6 Å². The zero-order valence-electron chi connectivity index (χ0n) is 11.9. The van der Waals surface area contributed by atoms with Crippen LogP contribution in [0.1, 0.15) is 17.0 Å². The molecule has 2 aromatic carbocycles. The van der Waals surface area contributed by atoms with E-state index in [0.717, 1.165) is 5.75 Å². The molecular formula is C17H18ClNO2S. The van der Waals surface area contributed by atoms with Gasteiger partial charge in [-0.25, -0.2) is 0 Å². The van der Waals surface area contributed by atoms with E-state index < -0.39 is 12.0 Å². The first-order chi connectivity index (χ1) is 10.2.